The fourth-order valence-corrected chi connectivity index (χ4v) is 5.60. The fraction of sp³-hybridized carbons (Fsp3) is 0.966. The van der Waals surface area contributed by atoms with Crippen LogP contribution in [-0.4, -0.2) is 61.0 Å². The summed E-state index contributed by atoms with van der Waals surface area (Å²) < 4.78 is 31.3. The number of carbonyl (C=O) groups excluding carboxylic acids is 1. The summed E-state index contributed by atoms with van der Waals surface area (Å²) in [5.41, 5.74) is -1.88. The van der Waals surface area contributed by atoms with E-state index in [1.807, 2.05) is 27.9 Å². The molecule has 0 radical (unpaired) electrons. The molecule has 0 aliphatic heterocycles. The fourth-order valence-electron chi connectivity index (χ4n) is 5.09. The van der Waals surface area contributed by atoms with Crippen LogP contribution in [-0.2, 0) is 14.9 Å². The van der Waals surface area contributed by atoms with Gasteiger partial charge in [0.1, 0.15) is 17.2 Å². The van der Waals surface area contributed by atoms with Gasteiger partial charge in [-0.25, -0.2) is 0 Å². The van der Waals surface area contributed by atoms with Crippen LogP contribution in [0.2, 0.25) is 0 Å². The molecule has 8 heteroatoms. The van der Waals surface area contributed by atoms with E-state index in [0.29, 0.717) is 0 Å². The highest BCUT2D eigenvalue weighted by Gasteiger charge is 2.51. The van der Waals surface area contributed by atoms with Crippen molar-refractivity contribution in [1.29, 1.82) is 0 Å². The molecule has 1 unspecified atom stereocenters. The molecule has 0 aliphatic rings. The predicted molar refractivity (Wildman–Crippen MR) is 153 cm³/mol. The van der Waals surface area contributed by atoms with Crippen LogP contribution in [0.5, 0.6) is 0 Å². The minimum atomic E-state index is -4.13. The second kappa shape index (κ2) is 18.6. The summed E-state index contributed by atoms with van der Waals surface area (Å²) in [5, 5.41) is 15.7. The van der Waals surface area contributed by atoms with Crippen molar-refractivity contribution in [3.63, 3.8) is 0 Å². The third kappa shape index (κ3) is 14.9. The number of carbonyl (C=O) groups is 1. The summed E-state index contributed by atoms with van der Waals surface area (Å²) in [7, 11) is -0.454. The quantitative estimate of drug-likeness (QED) is 0.0644. The van der Waals surface area contributed by atoms with Crippen molar-refractivity contribution in [2.45, 2.75) is 154 Å². The summed E-state index contributed by atoms with van der Waals surface area (Å²) in [4.78, 5) is 12.1. The molecule has 0 heterocycles. The molecular formula is C29H60N2O5S. The van der Waals surface area contributed by atoms with E-state index in [9.17, 15) is 18.3 Å². The number of nitrogens with zero attached hydrogens (tertiary/aromatic N) is 1. The second-order valence-electron chi connectivity index (χ2n) is 12.2. The summed E-state index contributed by atoms with van der Waals surface area (Å²) >= 11 is 0. The lowest BCUT2D eigenvalue weighted by Crippen LogP contribution is -2.76. The van der Waals surface area contributed by atoms with Gasteiger partial charge in [0.05, 0.1) is 19.8 Å². The largest absolute Gasteiger partial charge is 0.544 e. The van der Waals surface area contributed by atoms with Crippen LogP contribution in [0.4, 0.5) is 0 Å². The molecule has 0 aromatic heterocycles. The van der Waals surface area contributed by atoms with E-state index in [0.717, 1.165) is 19.4 Å². The number of aliphatic carboxylic acids is 1. The zero-order valence-electron chi connectivity index (χ0n) is 25.1. The van der Waals surface area contributed by atoms with Gasteiger partial charge in [0.25, 0.3) is 10.1 Å². The Balaban J connectivity index is 4.11. The minimum absolute atomic E-state index is 0.0558. The highest BCUT2D eigenvalue weighted by molar-refractivity contribution is 7.85. The lowest BCUT2D eigenvalue weighted by Gasteiger charge is -2.56. The van der Waals surface area contributed by atoms with Gasteiger partial charge < -0.3 is 14.4 Å². The Labute approximate surface area is 229 Å². The van der Waals surface area contributed by atoms with Gasteiger partial charge in [-0.3, -0.25) is 9.87 Å². The van der Waals surface area contributed by atoms with E-state index in [1.165, 1.54) is 89.9 Å². The van der Waals surface area contributed by atoms with Gasteiger partial charge in [0.2, 0.25) is 0 Å². The van der Waals surface area contributed by atoms with Crippen LogP contribution in [0.15, 0.2) is 0 Å². The van der Waals surface area contributed by atoms with Crippen LogP contribution in [0.3, 0.4) is 0 Å². The number of carboxylic acids is 1. The van der Waals surface area contributed by atoms with E-state index in [1.54, 1.807) is 6.92 Å². The molecule has 0 rings (SSSR count). The van der Waals surface area contributed by atoms with Gasteiger partial charge in [0.15, 0.2) is 0 Å². The maximum atomic E-state index is 12.1. The number of likely N-dealkylation sites (N-methyl/N-ethyl adjacent to an activating group) is 1. The summed E-state index contributed by atoms with van der Waals surface area (Å²) in [5.74, 6) is -1.67. The van der Waals surface area contributed by atoms with Crippen LogP contribution in [0.25, 0.3) is 0 Å². The summed E-state index contributed by atoms with van der Waals surface area (Å²) in [6.45, 7) is 8.61. The average molecular weight is 549 g/mol. The molecular weight excluding hydrogens is 488 g/mol. The molecule has 0 aromatic rings. The van der Waals surface area contributed by atoms with Gasteiger partial charge in [0, 0.05) is 26.8 Å². The van der Waals surface area contributed by atoms with Gasteiger partial charge in [-0.1, -0.05) is 103 Å². The SMILES string of the molecule is CCCCCCCCCCCCCCCCCCNC(C)(C)[N+](C)(C)C(C)(CCCS(=O)(=O)O)C(=O)[O-]. The first-order valence-electron chi connectivity index (χ1n) is 15.0. The predicted octanol–water partition coefficient (Wildman–Crippen LogP) is 5.83. The van der Waals surface area contributed by atoms with Gasteiger partial charge in [-0.2, -0.15) is 8.42 Å². The molecule has 1 atom stereocenters. The topological polar surface area (TPSA) is 107 Å². The van der Waals surface area contributed by atoms with E-state index >= 15 is 0 Å². The van der Waals surface area contributed by atoms with Crippen molar-refractivity contribution in [2.75, 3.05) is 26.4 Å². The Bertz CT molecular complexity index is 709. The molecule has 0 spiro atoms. The standard InChI is InChI=1S/C29H60N2O5S/c1-7-8-9-10-11-12-13-14-15-16-17-18-19-20-21-22-25-30-28(2,3)31(5,6)29(4,27(32)33)24-23-26-37(34,35)36/h30H,7-26H2,1-6H3,(H-,32,33,34,35,36). The van der Waals surface area contributed by atoms with Crippen LogP contribution in [0.1, 0.15) is 143 Å². The van der Waals surface area contributed by atoms with E-state index in [-0.39, 0.29) is 17.3 Å². The number of hydrogen-bond donors (Lipinski definition) is 2. The lowest BCUT2D eigenvalue weighted by molar-refractivity contribution is -0.980. The normalized spacial score (nSPS) is 14.6. The van der Waals surface area contributed by atoms with Crippen LogP contribution in [0, 0.1) is 0 Å². The minimum Gasteiger partial charge on any atom is -0.544 e. The average Bonchev–Trinajstić information content (AvgIpc) is 2.79. The zero-order chi connectivity index (χ0) is 28.4. The Morgan fingerprint density at radius 3 is 1.49 bits per heavy atom. The molecule has 0 bridgehead atoms. The molecule has 0 aromatic carbocycles. The zero-order valence-corrected chi connectivity index (χ0v) is 25.9. The van der Waals surface area contributed by atoms with Gasteiger partial charge in [-0.15, -0.1) is 0 Å². The molecule has 0 amide bonds. The summed E-state index contributed by atoms with van der Waals surface area (Å²) in [6, 6.07) is 0. The van der Waals surface area contributed by atoms with Gasteiger partial charge in [-0.05, 0) is 19.8 Å². The first kappa shape index (κ1) is 36.3. The van der Waals surface area contributed by atoms with Crippen molar-refractivity contribution >= 4 is 16.1 Å². The van der Waals surface area contributed by atoms with Crippen molar-refractivity contribution in [2.24, 2.45) is 0 Å². The maximum Gasteiger partial charge on any atom is 0.264 e. The third-order valence-electron chi connectivity index (χ3n) is 8.72. The Kier molecular flexibility index (Phi) is 18.2. The first-order chi connectivity index (χ1) is 17.2. The second-order valence-corrected chi connectivity index (χ2v) is 13.8. The highest BCUT2D eigenvalue weighted by atomic mass is 32.2. The monoisotopic (exact) mass is 548 g/mol. The molecule has 0 saturated heterocycles. The van der Waals surface area contributed by atoms with Crippen molar-refractivity contribution in [3.05, 3.63) is 0 Å². The highest BCUT2D eigenvalue weighted by Crippen LogP contribution is 2.33. The number of quaternary nitrogens is 1. The van der Waals surface area contributed by atoms with Crippen LogP contribution >= 0.6 is 0 Å². The third-order valence-corrected chi connectivity index (χ3v) is 9.53. The van der Waals surface area contributed by atoms with E-state index in [2.05, 4.69) is 12.2 Å². The molecule has 0 aliphatic carbocycles. The molecule has 2 N–H and O–H groups in total. The molecule has 222 valence electrons. The van der Waals surface area contributed by atoms with Gasteiger partial charge >= 0.3 is 0 Å². The Morgan fingerprint density at radius 2 is 1.14 bits per heavy atom. The molecule has 7 nitrogen and oxygen atoms in total. The number of nitrogens with one attached hydrogen (secondary N) is 1. The first-order valence-corrected chi connectivity index (χ1v) is 16.6. The summed E-state index contributed by atoms with van der Waals surface area (Å²) in [6.07, 6.45) is 21.4. The van der Waals surface area contributed by atoms with E-state index in [4.69, 9.17) is 4.55 Å². The Hall–Kier alpha value is -0.700. The van der Waals surface area contributed by atoms with E-state index < -0.39 is 33.0 Å². The van der Waals surface area contributed by atoms with Crippen molar-refractivity contribution in [3.8, 4) is 0 Å². The molecule has 37 heavy (non-hydrogen) atoms. The lowest BCUT2D eigenvalue weighted by atomic mass is 9.88. The number of carboxylic acid groups (broad SMARTS) is 1. The number of hydrogen-bond acceptors (Lipinski definition) is 5. The van der Waals surface area contributed by atoms with Crippen molar-refractivity contribution < 1.29 is 27.4 Å². The smallest absolute Gasteiger partial charge is 0.264 e. The van der Waals surface area contributed by atoms with Crippen LogP contribution < -0.4 is 10.4 Å². The number of rotatable bonds is 25. The number of unbranched alkanes of at least 4 members (excludes halogenated alkanes) is 15. The molecule has 0 saturated carbocycles. The Morgan fingerprint density at radius 1 is 0.757 bits per heavy atom. The van der Waals surface area contributed by atoms with Crippen molar-refractivity contribution in [1.82, 2.24) is 5.32 Å². The molecule has 0 fully saturated rings. The maximum absolute atomic E-state index is 12.1.